The Bertz CT molecular complexity index is 487. The number of hydrogen-bond donors (Lipinski definition) is 0. The van der Waals surface area contributed by atoms with Gasteiger partial charge in [-0.2, -0.15) is 0 Å². The molecule has 0 spiro atoms. The number of ether oxygens (including phenoxy) is 1. The number of halogens is 1. The van der Waals surface area contributed by atoms with Gasteiger partial charge in [-0.3, -0.25) is 9.59 Å². The van der Waals surface area contributed by atoms with Crippen LogP contribution < -0.4 is 0 Å². The van der Waals surface area contributed by atoms with Crippen LogP contribution in [0, 0.1) is 6.92 Å². The number of aryl methyl sites for hydroxylation is 1. The van der Waals surface area contributed by atoms with Crippen molar-refractivity contribution in [3.63, 3.8) is 0 Å². The summed E-state index contributed by atoms with van der Waals surface area (Å²) in [5.74, 6) is -0.345. The lowest BCUT2D eigenvalue weighted by Crippen LogP contribution is -2.19. The molecule has 1 aromatic rings. The fourth-order valence-electron chi connectivity index (χ4n) is 2.46. The molecule has 0 aliphatic carbocycles. The van der Waals surface area contributed by atoms with Crippen LogP contribution in [0.5, 0.6) is 0 Å². The van der Waals surface area contributed by atoms with Crippen LogP contribution >= 0.6 is 11.6 Å². The first kappa shape index (κ1) is 13.3. The van der Waals surface area contributed by atoms with Crippen molar-refractivity contribution in [2.75, 3.05) is 13.2 Å². The van der Waals surface area contributed by atoms with Crippen LogP contribution in [0.4, 0.5) is 0 Å². The molecule has 1 aromatic heterocycles. The molecule has 0 aromatic carbocycles. The van der Waals surface area contributed by atoms with E-state index in [2.05, 4.69) is 0 Å². The van der Waals surface area contributed by atoms with Crippen molar-refractivity contribution >= 4 is 22.6 Å². The molecular formula is C13H16ClNO3. The Balaban J connectivity index is 2.43. The second-order valence-corrected chi connectivity index (χ2v) is 4.98. The third-order valence-corrected chi connectivity index (χ3v) is 3.73. The highest BCUT2D eigenvalue weighted by molar-refractivity contribution is 6.83. The number of hydrogen-bond acceptors (Lipinski definition) is 3. The number of rotatable bonds is 3. The van der Waals surface area contributed by atoms with Crippen LogP contribution in [-0.2, 0) is 16.6 Å². The van der Waals surface area contributed by atoms with Gasteiger partial charge in [-0.15, -0.1) is 0 Å². The van der Waals surface area contributed by atoms with E-state index in [0.717, 1.165) is 24.1 Å². The molecule has 0 atom stereocenters. The van der Waals surface area contributed by atoms with Crippen LogP contribution in [0.1, 0.15) is 40.5 Å². The minimum atomic E-state index is -0.926. The van der Waals surface area contributed by atoms with E-state index in [4.69, 9.17) is 16.3 Å². The molecule has 1 saturated heterocycles. The summed E-state index contributed by atoms with van der Waals surface area (Å²) in [5, 5.41) is -0.926. The van der Waals surface area contributed by atoms with Gasteiger partial charge in [0.2, 0.25) is 0 Å². The molecule has 0 N–H and O–H groups in total. The first-order chi connectivity index (χ1) is 8.52. The van der Waals surface area contributed by atoms with Crippen molar-refractivity contribution in [1.82, 2.24) is 4.57 Å². The number of carbonyl (C=O) groups excluding carboxylic acids is 2. The van der Waals surface area contributed by atoms with E-state index in [1.807, 2.05) is 13.0 Å². The maximum atomic E-state index is 11.9. The van der Waals surface area contributed by atoms with E-state index in [1.165, 1.54) is 0 Å². The Labute approximate surface area is 111 Å². The topological polar surface area (TPSA) is 48.3 Å². The molecule has 2 heterocycles. The zero-order valence-electron chi connectivity index (χ0n) is 10.5. The normalized spacial score (nSPS) is 16.8. The molecule has 1 aliphatic heterocycles. The summed E-state index contributed by atoms with van der Waals surface area (Å²) in [7, 11) is 1.78. The number of aromatic nitrogens is 1. The van der Waals surface area contributed by atoms with Gasteiger partial charge >= 0.3 is 0 Å². The van der Waals surface area contributed by atoms with Gasteiger partial charge in [-0.05, 0) is 48.9 Å². The van der Waals surface area contributed by atoms with Crippen molar-refractivity contribution in [2.45, 2.75) is 25.7 Å². The number of nitrogens with zero attached hydrogens (tertiary/aromatic N) is 1. The van der Waals surface area contributed by atoms with Gasteiger partial charge in [0.05, 0.1) is 5.69 Å². The number of ketones is 1. The minimum absolute atomic E-state index is 0.272. The first-order valence-electron chi connectivity index (χ1n) is 6.00. The second kappa shape index (κ2) is 5.24. The van der Waals surface area contributed by atoms with Gasteiger partial charge in [0, 0.05) is 26.0 Å². The van der Waals surface area contributed by atoms with Crippen LogP contribution in [0.15, 0.2) is 6.07 Å². The zero-order chi connectivity index (χ0) is 13.3. The average Bonchev–Trinajstić information content (AvgIpc) is 2.66. The third kappa shape index (κ3) is 2.35. The Morgan fingerprint density at radius 1 is 1.39 bits per heavy atom. The highest BCUT2D eigenvalue weighted by Crippen LogP contribution is 2.31. The van der Waals surface area contributed by atoms with Gasteiger partial charge in [0.25, 0.3) is 11.0 Å². The zero-order valence-corrected chi connectivity index (χ0v) is 11.3. The monoisotopic (exact) mass is 269 g/mol. The highest BCUT2D eigenvalue weighted by Gasteiger charge is 2.28. The number of carbonyl (C=O) groups is 2. The molecule has 0 bridgehead atoms. The standard InChI is InChI=1S/C13H16ClNO3/c1-8-7-10(9-3-5-18-6-4-9)11(15(8)2)12(16)13(14)17/h7,9H,3-6H2,1-2H3. The Morgan fingerprint density at radius 3 is 2.56 bits per heavy atom. The Kier molecular flexibility index (Phi) is 3.88. The van der Waals surface area contributed by atoms with Crippen LogP contribution in [0.2, 0.25) is 0 Å². The predicted molar refractivity (Wildman–Crippen MR) is 68.1 cm³/mol. The Morgan fingerprint density at radius 2 is 2.00 bits per heavy atom. The largest absolute Gasteiger partial charge is 0.381 e. The fourth-order valence-corrected chi connectivity index (χ4v) is 2.55. The molecule has 98 valence electrons. The first-order valence-corrected chi connectivity index (χ1v) is 6.38. The summed E-state index contributed by atoms with van der Waals surface area (Å²) in [6.07, 6.45) is 1.75. The van der Waals surface area contributed by atoms with E-state index in [9.17, 15) is 9.59 Å². The number of Topliss-reactive ketones (excluding diaryl/α,β-unsaturated/α-hetero) is 1. The van der Waals surface area contributed by atoms with Gasteiger partial charge in [-0.25, -0.2) is 0 Å². The molecule has 5 heteroatoms. The smallest absolute Gasteiger partial charge is 0.294 e. The van der Waals surface area contributed by atoms with Crippen molar-refractivity contribution < 1.29 is 14.3 Å². The molecule has 0 saturated carbocycles. The van der Waals surface area contributed by atoms with E-state index < -0.39 is 11.0 Å². The quantitative estimate of drug-likeness (QED) is 0.480. The van der Waals surface area contributed by atoms with Crippen molar-refractivity contribution in [2.24, 2.45) is 7.05 Å². The van der Waals surface area contributed by atoms with Crippen molar-refractivity contribution in [1.29, 1.82) is 0 Å². The molecule has 18 heavy (non-hydrogen) atoms. The van der Waals surface area contributed by atoms with E-state index in [1.54, 1.807) is 11.6 Å². The summed E-state index contributed by atoms with van der Waals surface area (Å²) in [4.78, 5) is 23.0. The molecule has 0 amide bonds. The van der Waals surface area contributed by atoms with Crippen molar-refractivity contribution in [3.8, 4) is 0 Å². The predicted octanol–water partition coefficient (Wildman–Crippen LogP) is 2.18. The summed E-state index contributed by atoms with van der Waals surface area (Å²) < 4.78 is 7.06. The molecule has 1 fully saturated rings. The van der Waals surface area contributed by atoms with Gasteiger partial charge in [-0.1, -0.05) is 0 Å². The van der Waals surface area contributed by atoms with Gasteiger partial charge < -0.3 is 9.30 Å². The van der Waals surface area contributed by atoms with E-state index in [-0.39, 0.29) is 5.92 Å². The van der Waals surface area contributed by atoms with Gasteiger partial charge in [0.15, 0.2) is 0 Å². The molecule has 1 aliphatic rings. The SMILES string of the molecule is Cc1cc(C2CCOCC2)c(C(=O)C(=O)Cl)n1C. The third-order valence-electron chi connectivity index (χ3n) is 3.56. The molecule has 4 nitrogen and oxygen atoms in total. The fraction of sp³-hybridized carbons (Fsp3) is 0.538. The average molecular weight is 270 g/mol. The molecule has 0 radical (unpaired) electrons. The lowest BCUT2D eigenvalue weighted by Gasteiger charge is -2.22. The van der Waals surface area contributed by atoms with Crippen LogP contribution in [-0.4, -0.2) is 28.8 Å². The lowest BCUT2D eigenvalue weighted by atomic mass is 9.90. The molecule has 2 rings (SSSR count). The molecular weight excluding hydrogens is 254 g/mol. The maximum Gasteiger partial charge on any atom is 0.294 e. The second-order valence-electron chi connectivity index (χ2n) is 4.64. The van der Waals surface area contributed by atoms with Crippen molar-refractivity contribution in [3.05, 3.63) is 23.0 Å². The minimum Gasteiger partial charge on any atom is -0.381 e. The summed E-state index contributed by atoms with van der Waals surface area (Å²) in [5.41, 5.74) is 2.31. The van der Waals surface area contributed by atoms with Crippen LogP contribution in [0.3, 0.4) is 0 Å². The Hall–Kier alpha value is -1.13. The van der Waals surface area contributed by atoms with E-state index >= 15 is 0 Å². The maximum absolute atomic E-state index is 11.9. The summed E-state index contributed by atoms with van der Waals surface area (Å²) >= 11 is 5.33. The van der Waals surface area contributed by atoms with E-state index in [0.29, 0.717) is 18.9 Å². The lowest BCUT2D eigenvalue weighted by molar-refractivity contribution is -0.108. The summed E-state index contributed by atoms with van der Waals surface area (Å²) in [6.45, 7) is 3.31. The molecule has 0 unspecified atom stereocenters. The highest BCUT2D eigenvalue weighted by atomic mass is 35.5. The van der Waals surface area contributed by atoms with Gasteiger partial charge in [0.1, 0.15) is 0 Å². The van der Waals surface area contributed by atoms with Crippen LogP contribution in [0.25, 0.3) is 0 Å². The summed E-state index contributed by atoms with van der Waals surface area (Å²) in [6, 6.07) is 1.98.